The van der Waals surface area contributed by atoms with E-state index in [1.165, 1.54) is 32.5 Å². The van der Waals surface area contributed by atoms with Crippen LogP contribution in [0.4, 0.5) is 5.69 Å². The van der Waals surface area contributed by atoms with Gasteiger partial charge in [-0.1, -0.05) is 11.6 Å². The summed E-state index contributed by atoms with van der Waals surface area (Å²) in [5, 5.41) is 4.20. The van der Waals surface area contributed by atoms with Crippen LogP contribution >= 0.6 is 11.6 Å². The maximum absolute atomic E-state index is 5.86. The first kappa shape index (κ1) is 14.6. The van der Waals surface area contributed by atoms with Gasteiger partial charge in [0, 0.05) is 36.9 Å². The number of hydrogen-bond donors (Lipinski definition) is 1. The van der Waals surface area contributed by atoms with Crippen LogP contribution in [0.5, 0.6) is 0 Å². The van der Waals surface area contributed by atoms with Crippen LogP contribution < -0.4 is 5.32 Å². The highest BCUT2D eigenvalue weighted by Gasteiger charge is 2.11. The van der Waals surface area contributed by atoms with E-state index in [0.29, 0.717) is 0 Å². The lowest BCUT2D eigenvalue weighted by Gasteiger charge is -2.21. The summed E-state index contributed by atoms with van der Waals surface area (Å²) >= 11 is 5.86. The van der Waals surface area contributed by atoms with E-state index in [1.807, 2.05) is 24.3 Å². The predicted molar refractivity (Wildman–Crippen MR) is 83.1 cm³/mol. The molecular weight excluding hydrogens is 258 g/mol. The Labute approximate surface area is 121 Å². The third kappa shape index (κ3) is 5.39. The molecule has 19 heavy (non-hydrogen) atoms. The van der Waals surface area contributed by atoms with Crippen LogP contribution in [0.25, 0.3) is 0 Å². The van der Waals surface area contributed by atoms with Crippen molar-refractivity contribution in [3.05, 3.63) is 29.3 Å². The zero-order chi connectivity index (χ0) is 13.5. The molecule has 3 nitrogen and oxygen atoms in total. The molecule has 1 heterocycles. The second-order valence-corrected chi connectivity index (χ2v) is 5.72. The van der Waals surface area contributed by atoms with Crippen molar-refractivity contribution in [1.29, 1.82) is 0 Å². The second-order valence-electron chi connectivity index (χ2n) is 5.29. The van der Waals surface area contributed by atoms with E-state index < -0.39 is 0 Å². The predicted octanol–water partition coefficient (Wildman–Crippen LogP) is 2.78. The third-order valence-corrected chi connectivity index (χ3v) is 3.92. The smallest absolute Gasteiger partial charge is 0.0407 e. The van der Waals surface area contributed by atoms with E-state index in [9.17, 15) is 0 Å². The van der Waals surface area contributed by atoms with Gasteiger partial charge in [-0.05, 0) is 57.2 Å². The molecule has 1 aliphatic rings. The van der Waals surface area contributed by atoms with E-state index in [-0.39, 0.29) is 0 Å². The highest BCUT2D eigenvalue weighted by Crippen LogP contribution is 2.12. The van der Waals surface area contributed by atoms with Gasteiger partial charge in [0.15, 0.2) is 0 Å². The molecular formula is C15H24ClN3. The van der Waals surface area contributed by atoms with Crippen LogP contribution in [0.2, 0.25) is 5.02 Å². The highest BCUT2D eigenvalue weighted by atomic mass is 35.5. The van der Waals surface area contributed by atoms with Crippen molar-refractivity contribution in [2.24, 2.45) is 0 Å². The number of likely N-dealkylation sites (tertiary alicyclic amines) is 1. The summed E-state index contributed by atoms with van der Waals surface area (Å²) in [6.07, 6.45) is 2.75. The molecule has 0 radical (unpaired) electrons. The lowest BCUT2D eigenvalue weighted by Crippen LogP contribution is -2.33. The lowest BCUT2D eigenvalue weighted by atomic mass is 10.3. The van der Waals surface area contributed by atoms with Crippen LogP contribution in [0.15, 0.2) is 24.3 Å². The minimum Gasteiger partial charge on any atom is -0.384 e. The molecule has 1 aromatic rings. The topological polar surface area (TPSA) is 18.5 Å². The first-order valence-corrected chi connectivity index (χ1v) is 7.52. The number of anilines is 1. The molecule has 0 spiro atoms. The Morgan fingerprint density at radius 1 is 1.16 bits per heavy atom. The molecule has 2 rings (SSSR count). The van der Waals surface area contributed by atoms with Crippen molar-refractivity contribution in [2.75, 3.05) is 51.6 Å². The van der Waals surface area contributed by atoms with E-state index in [2.05, 4.69) is 22.2 Å². The quantitative estimate of drug-likeness (QED) is 0.829. The summed E-state index contributed by atoms with van der Waals surface area (Å²) in [4.78, 5) is 4.95. The Bertz CT molecular complexity index is 360. The van der Waals surface area contributed by atoms with Crippen molar-refractivity contribution in [3.8, 4) is 0 Å². The Balaban J connectivity index is 1.58. The lowest BCUT2D eigenvalue weighted by molar-refractivity contribution is 0.262. The Morgan fingerprint density at radius 3 is 2.53 bits per heavy atom. The molecule has 0 unspecified atom stereocenters. The summed E-state index contributed by atoms with van der Waals surface area (Å²) in [5.41, 5.74) is 1.14. The zero-order valence-corrected chi connectivity index (χ0v) is 12.5. The van der Waals surface area contributed by atoms with Gasteiger partial charge in [-0.25, -0.2) is 0 Å². The maximum Gasteiger partial charge on any atom is 0.0407 e. The van der Waals surface area contributed by atoms with Crippen LogP contribution in [0.3, 0.4) is 0 Å². The van der Waals surface area contributed by atoms with E-state index in [0.717, 1.165) is 30.3 Å². The van der Waals surface area contributed by atoms with E-state index >= 15 is 0 Å². The molecule has 1 fully saturated rings. The zero-order valence-electron chi connectivity index (χ0n) is 11.7. The minimum atomic E-state index is 0.785. The molecule has 0 atom stereocenters. The van der Waals surface area contributed by atoms with Gasteiger partial charge in [0.2, 0.25) is 0 Å². The standard InChI is InChI=1S/C15H24ClN3/c1-18(12-13-19-9-2-3-10-19)11-8-17-15-6-4-14(16)5-7-15/h4-7,17H,2-3,8-13H2,1H3. The van der Waals surface area contributed by atoms with Crippen LogP contribution in [0, 0.1) is 0 Å². The SMILES string of the molecule is CN(CCNc1ccc(Cl)cc1)CCN1CCCC1. The second kappa shape index (κ2) is 7.73. The summed E-state index contributed by atoms with van der Waals surface area (Å²) in [7, 11) is 2.19. The van der Waals surface area contributed by atoms with Gasteiger partial charge in [-0.15, -0.1) is 0 Å². The van der Waals surface area contributed by atoms with Crippen LogP contribution in [-0.2, 0) is 0 Å². The average Bonchev–Trinajstić information content (AvgIpc) is 2.92. The Hall–Kier alpha value is -0.770. The summed E-state index contributed by atoms with van der Waals surface area (Å²) < 4.78 is 0. The fraction of sp³-hybridized carbons (Fsp3) is 0.600. The molecule has 4 heteroatoms. The average molecular weight is 282 g/mol. The van der Waals surface area contributed by atoms with Gasteiger partial charge in [0.05, 0.1) is 0 Å². The number of nitrogens with zero attached hydrogens (tertiary/aromatic N) is 2. The normalized spacial score (nSPS) is 16.2. The summed E-state index contributed by atoms with van der Waals surface area (Å²) in [6.45, 7) is 6.97. The van der Waals surface area contributed by atoms with E-state index in [4.69, 9.17) is 11.6 Å². The van der Waals surface area contributed by atoms with Crippen molar-refractivity contribution in [1.82, 2.24) is 9.80 Å². The van der Waals surface area contributed by atoms with Gasteiger partial charge < -0.3 is 15.1 Å². The number of rotatable bonds is 7. The number of halogens is 1. The molecule has 1 aliphatic heterocycles. The van der Waals surface area contributed by atoms with E-state index in [1.54, 1.807) is 0 Å². The monoisotopic (exact) mass is 281 g/mol. The highest BCUT2D eigenvalue weighted by molar-refractivity contribution is 6.30. The van der Waals surface area contributed by atoms with Crippen molar-refractivity contribution in [3.63, 3.8) is 0 Å². The van der Waals surface area contributed by atoms with Gasteiger partial charge in [0.1, 0.15) is 0 Å². The molecule has 0 aromatic heterocycles. The maximum atomic E-state index is 5.86. The Morgan fingerprint density at radius 2 is 1.84 bits per heavy atom. The number of benzene rings is 1. The van der Waals surface area contributed by atoms with Gasteiger partial charge in [-0.3, -0.25) is 0 Å². The molecule has 106 valence electrons. The molecule has 1 N–H and O–H groups in total. The molecule has 0 amide bonds. The molecule has 0 bridgehead atoms. The minimum absolute atomic E-state index is 0.785. The van der Waals surface area contributed by atoms with Gasteiger partial charge >= 0.3 is 0 Å². The molecule has 1 aromatic carbocycles. The molecule has 1 saturated heterocycles. The fourth-order valence-electron chi connectivity index (χ4n) is 2.39. The van der Waals surface area contributed by atoms with Crippen LogP contribution in [-0.4, -0.2) is 56.1 Å². The number of nitrogens with one attached hydrogen (secondary N) is 1. The van der Waals surface area contributed by atoms with Crippen molar-refractivity contribution < 1.29 is 0 Å². The summed E-state index contributed by atoms with van der Waals surface area (Å²) in [5.74, 6) is 0. The third-order valence-electron chi connectivity index (χ3n) is 3.66. The van der Waals surface area contributed by atoms with Gasteiger partial charge in [0.25, 0.3) is 0 Å². The van der Waals surface area contributed by atoms with Crippen molar-refractivity contribution >= 4 is 17.3 Å². The first-order valence-electron chi connectivity index (χ1n) is 7.14. The number of hydrogen-bond acceptors (Lipinski definition) is 3. The molecule has 0 saturated carbocycles. The molecule has 0 aliphatic carbocycles. The summed E-state index contributed by atoms with van der Waals surface area (Å²) in [6, 6.07) is 7.88. The van der Waals surface area contributed by atoms with Crippen molar-refractivity contribution in [2.45, 2.75) is 12.8 Å². The Kier molecular flexibility index (Phi) is 5.95. The first-order chi connectivity index (χ1) is 9.24. The number of likely N-dealkylation sites (N-methyl/N-ethyl adjacent to an activating group) is 1. The van der Waals surface area contributed by atoms with Gasteiger partial charge in [-0.2, -0.15) is 0 Å². The van der Waals surface area contributed by atoms with Crippen LogP contribution in [0.1, 0.15) is 12.8 Å². The fourth-order valence-corrected chi connectivity index (χ4v) is 2.51. The largest absolute Gasteiger partial charge is 0.384 e.